The summed E-state index contributed by atoms with van der Waals surface area (Å²) >= 11 is 0. The normalized spacial score (nSPS) is 26.5. The number of hydrogen-bond acceptors (Lipinski definition) is 4. The fraction of sp³-hybridized carbons (Fsp3) is 0.462. The molecule has 4 nitrogen and oxygen atoms in total. The van der Waals surface area contributed by atoms with Crippen LogP contribution < -0.4 is 10.1 Å². The summed E-state index contributed by atoms with van der Waals surface area (Å²) in [5, 5.41) is 3.48. The molecule has 4 heteroatoms. The van der Waals surface area contributed by atoms with Crippen molar-refractivity contribution in [3.63, 3.8) is 0 Å². The van der Waals surface area contributed by atoms with Crippen molar-refractivity contribution in [2.24, 2.45) is 4.99 Å². The van der Waals surface area contributed by atoms with E-state index in [1.54, 1.807) is 0 Å². The minimum Gasteiger partial charge on any atom is -0.488 e. The molecule has 1 aromatic rings. The van der Waals surface area contributed by atoms with Gasteiger partial charge in [-0.3, -0.25) is 4.99 Å². The molecule has 0 spiro atoms. The molecule has 2 aliphatic heterocycles. The van der Waals surface area contributed by atoms with Gasteiger partial charge in [0.25, 0.3) is 0 Å². The summed E-state index contributed by atoms with van der Waals surface area (Å²) in [6.07, 6.45) is 0.143. The van der Waals surface area contributed by atoms with Crippen molar-refractivity contribution < 1.29 is 4.74 Å². The highest BCUT2D eigenvalue weighted by Gasteiger charge is 2.32. The van der Waals surface area contributed by atoms with Gasteiger partial charge in [-0.15, -0.1) is 0 Å². The molecule has 2 heterocycles. The van der Waals surface area contributed by atoms with Gasteiger partial charge in [0.1, 0.15) is 11.9 Å². The molecule has 2 unspecified atom stereocenters. The summed E-state index contributed by atoms with van der Waals surface area (Å²) in [6, 6.07) is 8.40. The predicted molar refractivity (Wildman–Crippen MR) is 67.3 cm³/mol. The fourth-order valence-electron chi connectivity index (χ4n) is 2.39. The van der Waals surface area contributed by atoms with Crippen LogP contribution in [0.2, 0.25) is 0 Å². The molecule has 0 bridgehead atoms. The van der Waals surface area contributed by atoms with E-state index in [1.807, 2.05) is 12.1 Å². The second kappa shape index (κ2) is 3.95. The Labute approximate surface area is 101 Å². The van der Waals surface area contributed by atoms with Gasteiger partial charge in [-0.05, 0) is 13.0 Å². The van der Waals surface area contributed by atoms with Gasteiger partial charge in [-0.1, -0.05) is 18.2 Å². The van der Waals surface area contributed by atoms with Crippen LogP contribution in [0.15, 0.2) is 29.3 Å². The molecule has 0 fully saturated rings. The highest BCUT2D eigenvalue weighted by Crippen LogP contribution is 2.36. The number of likely N-dealkylation sites (N-methyl/N-ethyl adjacent to an activating group) is 1. The van der Waals surface area contributed by atoms with Crippen LogP contribution in [0.1, 0.15) is 18.5 Å². The maximum atomic E-state index is 5.83. The summed E-state index contributed by atoms with van der Waals surface area (Å²) in [6.45, 7) is 3.96. The molecule has 0 amide bonds. The summed E-state index contributed by atoms with van der Waals surface area (Å²) in [5.74, 6) is 1.96. The highest BCUT2D eigenvalue weighted by molar-refractivity contribution is 5.81. The molecule has 2 atom stereocenters. The van der Waals surface area contributed by atoms with Crippen molar-refractivity contribution >= 4 is 5.96 Å². The molecule has 0 aliphatic carbocycles. The SMILES string of the molecule is CC1Oc2ccccc2C1NC1=NCCN1C. The topological polar surface area (TPSA) is 36.9 Å². The molecule has 17 heavy (non-hydrogen) atoms. The Morgan fingerprint density at radius 2 is 2.24 bits per heavy atom. The molecule has 0 saturated carbocycles. The summed E-state index contributed by atoms with van der Waals surface area (Å²) in [4.78, 5) is 6.61. The van der Waals surface area contributed by atoms with Crippen molar-refractivity contribution in [2.45, 2.75) is 19.1 Å². The van der Waals surface area contributed by atoms with Crippen molar-refractivity contribution in [3.05, 3.63) is 29.8 Å². The minimum absolute atomic E-state index is 0.143. The van der Waals surface area contributed by atoms with Gasteiger partial charge >= 0.3 is 0 Å². The standard InChI is InChI=1S/C13H17N3O/c1-9-12(15-13-14-7-8-16(13)2)10-5-3-4-6-11(10)17-9/h3-6,9,12H,7-8H2,1-2H3,(H,14,15). The summed E-state index contributed by atoms with van der Waals surface area (Å²) in [5.41, 5.74) is 1.23. The number of benzene rings is 1. The molecule has 1 aromatic carbocycles. The van der Waals surface area contributed by atoms with Gasteiger partial charge in [-0.25, -0.2) is 0 Å². The molecule has 0 radical (unpaired) electrons. The fourth-order valence-corrected chi connectivity index (χ4v) is 2.39. The molecule has 0 aromatic heterocycles. The van der Waals surface area contributed by atoms with Crippen LogP contribution >= 0.6 is 0 Å². The van der Waals surface area contributed by atoms with Crippen molar-refractivity contribution in [3.8, 4) is 5.75 Å². The molecular formula is C13H17N3O. The Kier molecular flexibility index (Phi) is 2.42. The van der Waals surface area contributed by atoms with E-state index in [4.69, 9.17) is 4.74 Å². The van der Waals surface area contributed by atoms with Crippen LogP contribution in [0.3, 0.4) is 0 Å². The van der Waals surface area contributed by atoms with E-state index in [0.29, 0.717) is 0 Å². The van der Waals surface area contributed by atoms with E-state index in [0.717, 1.165) is 24.8 Å². The lowest BCUT2D eigenvalue weighted by molar-refractivity contribution is 0.218. The first-order valence-corrected chi connectivity index (χ1v) is 6.03. The number of fused-ring (bicyclic) bond motifs is 1. The zero-order valence-electron chi connectivity index (χ0n) is 10.2. The smallest absolute Gasteiger partial charge is 0.194 e. The van der Waals surface area contributed by atoms with Gasteiger partial charge in [-0.2, -0.15) is 0 Å². The Morgan fingerprint density at radius 3 is 3.00 bits per heavy atom. The van der Waals surface area contributed by atoms with Crippen LogP contribution in [0.5, 0.6) is 5.75 Å². The molecule has 3 rings (SSSR count). The van der Waals surface area contributed by atoms with Crippen LogP contribution in [0.25, 0.3) is 0 Å². The number of ether oxygens (including phenoxy) is 1. The Bertz CT molecular complexity index is 458. The Balaban J connectivity index is 1.84. The van der Waals surface area contributed by atoms with Gasteiger partial charge in [0, 0.05) is 19.2 Å². The van der Waals surface area contributed by atoms with Gasteiger partial charge in [0.15, 0.2) is 5.96 Å². The number of nitrogens with zero attached hydrogens (tertiary/aromatic N) is 2. The first kappa shape index (κ1) is 10.4. The number of guanidine groups is 1. The quantitative estimate of drug-likeness (QED) is 0.793. The third-order valence-electron chi connectivity index (χ3n) is 3.38. The maximum Gasteiger partial charge on any atom is 0.194 e. The number of hydrogen-bond donors (Lipinski definition) is 1. The zero-order valence-corrected chi connectivity index (χ0v) is 10.2. The van der Waals surface area contributed by atoms with Gasteiger partial charge in [0.2, 0.25) is 0 Å². The van der Waals surface area contributed by atoms with E-state index in [-0.39, 0.29) is 12.1 Å². The van der Waals surface area contributed by atoms with Crippen molar-refractivity contribution in [2.75, 3.05) is 20.1 Å². The third kappa shape index (κ3) is 1.73. The van der Waals surface area contributed by atoms with Crippen molar-refractivity contribution in [1.82, 2.24) is 10.2 Å². The monoisotopic (exact) mass is 231 g/mol. The van der Waals surface area contributed by atoms with Crippen LogP contribution in [-0.2, 0) is 0 Å². The molecular weight excluding hydrogens is 214 g/mol. The largest absolute Gasteiger partial charge is 0.488 e. The highest BCUT2D eigenvalue weighted by atomic mass is 16.5. The molecule has 0 saturated heterocycles. The lowest BCUT2D eigenvalue weighted by Crippen LogP contribution is -2.40. The number of rotatable bonds is 1. The minimum atomic E-state index is 0.143. The number of aliphatic imine (C=N–C) groups is 1. The average molecular weight is 231 g/mol. The lowest BCUT2D eigenvalue weighted by atomic mass is 10.1. The van der Waals surface area contributed by atoms with E-state index in [2.05, 4.69) is 41.3 Å². The van der Waals surface area contributed by atoms with E-state index in [9.17, 15) is 0 Å². The number of nitrogens with one attached hydrogen (secondary N) is 1. The number of para-hydroxylation sites is 1. The third-order valence-corrected chi connectivity index (χ3v) is 3.38. The van der Waals surface area contributed by atoms with E-state index >= 15 is 0 Å². The first-order valence-electron chi connectivity index (χ1n) is 6.03. The second-order valence-corrected chi connectivity index (χ2v) is 4.61. The summed E-state index contributed by atoms with van der Waals surface area (Å²) < 4.78 is 5.83. The predicted octanol–water partition coefficient (Wildman–Crippen LogP) is 1.40. The van der Waals surface area contributed by atoms with E-state index in [1.165, 1.54) is 5.56 Å². The zero-order chi connectivity index (χ0) is 11.8. The molecule has 1 N–H and O–H groups in total. The van der Waals surface area contributed by atoms with E-state index < -0.39 is 0 Å². The second-order valence-electron chi connectivity index (χ2n) is 4.61. The van der Waals surface area contributed by atoms with Crippen molar-refractivity contribution in [1.29, 1.82) is 0 Å². The van der Waals surface area contributed by atoms with Crippen LogP contribution in [0.4, 0.5) is 0 Å². The lowest BCUT2D eigenvalue weighted by Gasteiger charge is -2.22. The average Bonchev–Trinajstić information content (AvgIpc) is 2.85. The maximum absolute atomic E-state index is 5.83. The Hall–Kier alpha value is -1.71. The van der Waals surface area contributed by atoms with Crippen LogP contribution in [-0.4, -0.2) is 37.1 Å². The molecule has 2 aliphatic rings. The Morgan fingerprint density at radius 1 is 1.41 bits per heavy atom. The summed E-state index contributed by atoms with van der Waals surface area (Å²) in [7, 11) is 2.06. The van der Waals surface area contributed by atoms with Crippen LogP contribution in [0, 0.1) is 0 Å². The first-order chi connectivity index (χ1) is 8.25. The molecule has 90 valence electrons. The van der Waals surface area contributed by atoms with Gasteiger partial charge in [0.05, 0.1) is 12.6 Å². The van der Waals surface area contributed by atoms with Gasteiger partial charge < -0.3 is 15.0 Å².